The van der Waals surface area contributed by atoms with E-state index in [1.165, 1.54) is 57.2 Å². The van der Waals surface area contributed by atoms with Crippen molar-refractivity contribution in [1.29, 1.82) is 0 Å². The van der Waals surface area contributed by atoms with Gasteiger partial charge in [-0.25, -0.2) is 0 Å². The van der Waals surface area contributed by atoms with Crippen LogP contribution in [0.25, 0.3) is 0 Å². The molecule has 0 N–H and O–H groups in total. The first kappa shape index (κ1) is 14.1. The minimum absolute atomic E-state index is 0.274. The van der Waals surface area contributed by atoms with Gasteiger partial charge in [0.2, 0.25) is 0 Å². The highest BCUT2D eigenvalue weighted by Crippen LogP contribution is 2.30. The number of likely N-dealkylation sites (tertiary alicyclic amines) is 1. The lowest BCUT2D eigenvalue weighted by atomic mass is 9.84. The molecule has 3 rings (SSSR count). The molecule has 0 spiro atoms. The number of benzene rings is 1. The third-order valence-corrected chi connectivity index (χ3v) is 5.22. The van der Waals surface area contributed by atoms with Crippen LogP contribution in [0.2, 0.25) is 0 Å². The Bertz CT molecular complexity index is 463. The van der Waals surface area contributed by atoms with E-state index in [0.29, 0.717) is 0 Å². The lowest BCUT2D eigenvalue weighted by Crippen LogP contribution is -2.32. The molecule has 0 saturated carbocycles. The summed E-state index contributed by atoms with van der Waals surface area (Å²) in [7, 11) is 0. The van der Waals surface area contributed by atoms with E-state index in [1.807, 2.05) is 0 Å². The fraction of sp³-hybridized carbons (Fsp3) is 0.684. The van der Waals surface area contributed by atoms with Gasteiger partial charge in [-0.1, -0.05) is 39.0 Å². The van der Waals surface area contributed by atoms with E-state index >= 15 is 0 Å². The Balaban J connectivity index is 1.76. The van der Waals surface area contributed by atoms with E-state index in [2.05, 4.69) is 43.9 Å². The number of hydrogen-bond acceptors (Lipinski definition) is 1. The second-order valence-corrected chi connectivity index (χ2v) is 7.71. The van der Waals surface area contributed by atoms with Crippen LogP contribution in [0.5, 0.6) is 0 Å². The first-order valence-electron chi connectivity index (χ1n) is 8.40. The summed E-state index contributed by atoms with van der Waals surface area (Å²) in [4.78, 5) is 2.75. The van der Waals surface area contributed by atoms with Crippen molar-refractivity contribution in [2.24, 2.45) is 0 Å². The third kappa shape index (κ3) is 2.93. The van der Waals surface area contributed by atoms with Crippen LogP contribution < -0.4 is 0 Å². The zero-order valence-electron chi connectivity index (χ0n) is 13.4. The van der Waals surface area contributed by atoms with Crippen molar-refractivity contribution in [2.75, 3.05) is 13.1 Å². The maximum absolute atomic E-state index is 2.75. The normalized spacial score (nSPS) is 24.4. The van der Waals surface area contributed by atoms with Gasteiger partial charge in [0.05, 0.1) is 0 Å². The molecule has 20 heavy (non-hydrogen) atoms. The summed E-state index contributed by atoms with van der Waals surface area (Å²) in [5.74, 6) is 0. The smallest absolute Gasteiger partial charge is 0.0102 e. The van der Waals surface area contributed by atoms with Gasteiger partial charge in [-0.3, -0.25) is 0 Å². The fourth-order valence-electron chi connectivity index (χ4n) is 3.83. The lowest BCUT2D eigenvalue weighted by molar-refractivity contribution is 0.222. The summed E-state index contributed by atoms with van der Waals surface area (Å²) >= 11 is 0. The van der Waals surface area contributed by atoms with Crippen LogP contribution >= 0.6 is 0 Å². The average molecular weight is 271 g/mol. The Kier molecular flexibility index (Phi) is 3.90. The van der Waals surface area contributed by atoms with Gasteiger partial charge in [-0.05, 0) is 73.7 Å². The predicted octanol–water partition coefficient (Wildman–Crippen LogP) is 4.33. The summed E-state index contributed by atoms with van der Waals surface area (Å²) < 4.78 is 0. The van der Waals surface area contributed by atoms with Crippen LogP contribution in [0.4, 0.5) is 0 Å². The molecule has 1 aromatic rings. The molecule has 1 unspecified atom stereocenters. The fourth-order valence-corrected chi connectivity index (χ4v) is 3.83. The van der Waals surface area contributed by atoms with Crippen LogP contribution in [0.15, 0.2) is 18.2 Å². The molecule has 1 heteroatoms. The molecule has 1 aliphatic carbocycles. The van der Waals surface area contributed by atoms with E-state index in [-0.39, 0.29) is 5.41 Å². The number of fused-ring (bicyclic) bond motifs is 1. The Morgan fingerprint density at radius 2 is 1.60 bits per heavy atom. The van der Waals surface area contributed by atoms with Crippen molar-refractivity contribution in [3.63, 3.8) is 0 Å². The molecule has 1 atom stereocenters. The van der Waals surface area contributed by atoms with Gasteiger partial charge in [0.15, 0.2) is 0 Å². The van der Waals surface area contributed by atoms with E-state index in [0.717, 1.165) is 6.04 Å². The molecule has 1 aliphatic heterocycles. The maximum atomic E-state index is 2.75. The van der Waals surface area contributed by atoms with E-state index in [1.54, 1.807) is 11.1 Å². The van der Waals surface area contributed by atoms with E-state index < -0.39 is 0 Å². The minimum atomic E-state index is 0.274. The zero-order chi connectivity index (χ0) is 14.2. The Morgan fingerprint density at radius 1 is 0.950 bits per heavy atom. The summed E-state index contributed by atoms with van der Waals surface area (Å²) in [5.41, 5.74) is 5.00. The number of aryl methyl sites for hydroxylation is 2. The van der Waals surface area contributed by atoms with Gasteiger partial charge < -0.3 is 4.90 Å². The van der Waals surface area contributed by atoms with Crippen molar-refractivity contribution in [1.82, 2.24) is 4.90 Å². The van der Waals surface area contributed by atoms with Gasteiger partial charge in [-0.15, -0.1) is 0 Å². The molecule has 110 valence electrons. The van der Waals surface area contributed by atoms with Crippen molar-refractivity contribution >= 4 is 0 Å². The molecular weight excluding hydrogens is 242 g/mol. The molecule has 1 aromatic carbocycles. The Morgan fingerprint density at radius 3 is 2.25 bits per heavy atom. The van der Waals surface area contributed by atoms with Crippen molar-refractivity contribution < 1.29 is 0 Å². The number of rotatable bonds is 1. The summed E-state index contributed by atoms with van der Waals surface area (Å²) in [6.07, 6.45) is 8.11. The van der Waals surface area contributed by atoms with Gasteiger partial charge in [0.25, 0.3) is 0 Å². The zero-order valence-corrected chi connectivity index (χ0v) is 13.4. The molecule has 2 aliphatic rings. The van der Waals surface area contributed by atoms with Gasteiger partial charge >= 0.3 is 0 Å². The van der Waals surface area contributed by atoms with Crippen LogP contribution in [-0.4, -0.2) is 24.0 Å². The van der Waals surface area contributed by atoms with Crippen LogP contribution in [0.1, 0.15) is 63.1 Å². The maximum Gasteiger partial charge on any atom is 0.0102 e. The third-order valence-electron chi connectivity index (χ3n) is 5.22. The molecule has 1 nitrogen and oxygen atoms in total. The van der Waals surface area contributed by atoms with E-state index in [9.17, 15) is 0 Å². The van der Waals surface area contributed by atoms with Crippen molar-refractivity contribution in [3.05, 3.63) is 34.9 Å². The minimum Gasteiger partial charge on any atom is -0.300 e. The predicted molar refractivity (Wildman–Crippen MR) is 86.4 cm³/mol. The van der Waals surface area contributed by atoms with Crippen LogP contribution in [-0.2, 0) is 18.3 Å². The molecule has 1 heterocycles. The molecule has 0 radical (unpaired) electrons. The molecule has 0 bridgehead atoms. The second-order valence-electron chi connectivity index (χ2n) is 7.71. The molecule has 1 saturated heterocycles. The summed E-state index contributed by atoms with van der Waals surface area (Å²) in [5, 5.41) is 0. The number of hydrogen-bond donors (Lipinski definition) is 0. The van der Waals surface area contributed by atoms with Crippen LogP contribution in [0.3, 0.4) is 0 Å². The quantitative estimate of drug-likeness (QED) is 0.687. The van der Waals surface area contributed by atoms with Gasteiger partial charge in [0.1, 0.15) is 0 Å². The van der Waals surface area contributed by atoms with E-state index in [4.69, 9.17) is 0 Å². The van der Waals surface area contributed by atoms with Gasteiger partial charge in [-0.2, -0.15) is 0 Å². The van der Waals surface area contributed by atoms with Crippen molar-refractivity contribution in [3.8, 4) is 0 Å². The monoisotopic (exact) mass is 271 g/mol. The standard InChI is InChI=1S/C19H29N/c1-19(2,3)17-9-6-15-7-10-18(11-8-16(15)14-17)20-12-4-5-13-20/h6,9,14,18H,4-5,7-8,10-13H2,1-3H3. The Labute approximate surface area is 124 Å². The highest BCUT2D eigenvalue weighted by Gasteiger charge is 2.25. The topological polar surface area (TPSA) is 3.24 Å². The first-order chi connectivity index (χ1) is 9.54. The summed E-state index contributed by atoms with van der Waals surface area (Å²) in [6.45, 7) is 9.64. The highest BCUT2D eigenvalue weighted by atomic mass is 15.2. The summed E-state index contributed by atoms with van der Waals surface area (Å²) in [6, 6.07) is 8.09. The number of nitrogens with zero attached hydrogens (tertiary/aromatic N) is 1. The van der Waals surface area contributed by atoms with Gasteiger partial charge in [0, 0.05) is 6.04 Å². The molecule has 1 fully saturated rings. The van der Waals surface area contributed by atoms with Crippen LogP contribution in [0, 0.1) is 0 Å². The molecule has 0 amide bonds. The van der Waals surface area contributed by atoms with Crippen molar-refractivity contribution in [2.45, 2.75) is 70.8 Å². The molecular formula is C19H29N. The first-order valence-corrected chi connectivity index (χ1v) is 8.40. The molecule has 0 aromatic heterocycles. The Hall–Kier alpha value is -0.820. The second kappa shape index (κ2) is 5.52. The highest BCUT2D eigenvalue weighted by molar-refractivity contribution is 5.36. The largest absolute Gasteiger partial charge is 0.300 e. The average Bonchev–Trinajstić information content (AvgIpc) is 2.84. The SMILES string of the molecule is CC(C)(C)c1ccc2c(c1)CCC(N1CCCC1)CC2. The lowest BCUT2D eigenvalue weighted by Gasteiger charge is -2.26.